The Balaban J connectivity index is 2.32. The molecular formula is C12H19N3O2. The van der Waals surface area contributed by atoms with E-state index in [4.69, 9.17) is 5.11 Å². The van der Waals surface area contributed by atoms with Gasteiger partial charge in [0, 0.05) is 19.6 Å². The second-order valence-electron chi connectivity index (χ2n) is 3.68. The van der Waals surface area contributed by atoms with Gasteiger partial charge < -0.3 is 15.3 Å². The topological polar surface area (TPSA) is 65.5 Å². The van der Waals surface area contributed by atoms with Gasteiger partial charge in [-0.3, -0.25) is 9.78 Å². The third kappa shape index (κ3) is 4.40. The van der Waals surface area contributed by atoms with Gasteiger partial charge in [0.25, 0.3) is 0 Å². The molecule has 0 saturated heterocycles. The highest BCUT2D eigenvalue weighted by Crippen LogP contribution is 2.05. The maximum absolute atomic E-state index is 11.7. The third-order valence-corrected chi connectivity index (χ3v) is 2.51. The summed E-state index contributed by atoms with van der Waals surface area (Å²) >= 11 is 0. The zero-order valence-electron chi connectivity index (χ0n) is 10.3. The molecular weight excluding hydrogens is 218 g/mol. The molecule has 0 aliphatic rings. The zero-order chi connectivity index (χ0) is 12.7. The van der Waals surface area contributed by atoms with Crippen LogP contribution in [-0.4, -0.2) is 40.5 Å². The summed E-state index contributed by atoms with van der Waals surface area (Å²) in [5, 5.41) is 12.1. The number of hydrogen-bond acceptors (Lipinski definition) is 4. The summed E-state index contributed by atoms with van der Waals surface area (Å²) in [6.07, 6.45) is 1.39. The molecule has 0 aliphatic heterocycles. The van der Waals surface area contributed by atoms with Crippen LogP contribution in [0, 0.1) is 0 Å². The van der Waals surface area contributed by atoms with Crippen LogP contribution in [0.2, 0.25) is 0 Å². The lowest BCUT2D eigenvalue weighted by molar-refractivity contribution is -0.129. The van der Waals surface area contributed by atoms with Crippen molar-refractivity contribution < 1.29 is 9.90 Å². The molecule has 2 N–H and O–H groups in total. The predicted molar refractivity (Wildman–Crippen MR) is 65.5 cm³/mol. The second-order valence-corrected chi connectivity index (χ2v) is 3.68. The quantitative estimate of drug-likeness (QED) is 0.766. The first kappa shape index (κ1) is 13.4. The Bertz CT molecular complexity index is 347. The van der Waals surface area contributed by atoms with Gasteiger partial charge in [-0.15, -0.1) is 0 Å². The normalized spacial score (nSPS) is 10.2. The average Bonchev–Trinajstić information content (AvgIpc) is 2.33. The molecule has 1 aromatic heterocycles. The SMILES string of the molecule is CCN(CC)C(=O)CNCc1ccc(O)cn1. The summed E-state index contributed by atoms with van der Waals surface area (Å²) in [6, 6.07) is 3.31. The second kappa shape index (κ2) is 6.85. The molecule has 0 fully saturated rings. The van der Waals surface area contributed by atoms with Gasteiger partial charge in [-0.25, -0.2) is 0 Å². The summed E-state index contributed by atoms with van der Waals surface area (Å²) in [5.41, 5.74) is 0.801. The maximum atomic E-state index is 11.7. The van der Waals surface area contributed by atoms with Crippen LogP contribution >= 0.6 is 0 Å². The zero-order valence-corrected chi connectivity index (χ0v) is 10.3. The number of nitrogens with one attached hydrogen (secondary N) is 1. The number of carbonyl (C=O) groups excluding carboxylic acids is 1. The summed E-state index contributed by atoms with van der Waals surface area (Å²) in [4.78, 5) is 17.5. The van der Waals surface area contributed by atoms with E-state index in [1.54, 1.807) is 17.0 Å². The number of likely N-dealkylation sites (N-methyl/N-ethyl adjacent to an activating group) is 1. The minimum absolute atomic E-state index is 0.0915. The van der Waals surface area contributed by atoms with E-state index in [0.29, 0.717) is 13.1 Å². The Hall–Kier alpha value is -1.62. The summed E-state index contributed by atoms with van der Waals surface area (Å²) < 4.78 is 0. The van der Waals surface area contributed by atoms with E-state index in [1.807, 2.05) is 13.8 Å². The highest BCUT2D eigenvalue weighted by atomic mass is 16.3. The molecule has 0 atom stereocenters. The van der Waals surface area contributed by atoms with Gasteiger partial charge in [0.05, 0.1) is 18.4 Å². The van der Waals surface area contributed by atoms with Crippen molar-refractivity contribution in [2.75, 3.05) is 19.6 Å². The first-order valence-corrected chi connectivity index (χ1v) is 5.79. The number of aromatic nitrogens is 1. The third-order valence-electron chi connectivity index (χ3n) is 2.51. The van der Waals surface area contributed by atoms with Gasteiger partial charge >= 0.3 is 0 Å². The Kier molecular flexibility index (Phi) is 5.42. The van der Waals surface area contributed by atoms with Crippen LogP contribution in [0.5, 0.6) is 5.75 Å². The molecule has 0 spiro atoms. The molecule has 0 radical (unpaired) electrons. The smallest absolute Gasteiger partial charge is 0.236 e. The Morgan fingerprint density at radius 3 is 2.65 bits per heavy atom. The molecule has 94 valence electrons. The van der Waals surface area contributed by atoms with Gasteiger partial charge in [0.15, 0.2) is 0 Å². The van der Waals surface area contributed by atoms with Crippen molar-refractivity contribution in [2.45, 2.75) is 20.4 Å². The number of carbonyl (C=O) groups is 1. The molecule has 0 saturated carbocycles. The maximum Gasteiger partial charge on any atom is 0.236 e. The van der Waals surface area contributed by atoms with Gasteiger partial charge in [-0.1, -0.05) is 0 Å². The summed E-state index contributed by atoms with van der Waals surface area (Å²) in [5.74, 6) is 0.238. The lowest BCUT2D eigenvalue weighted by Crippen LogP contribution is -2.37. The molecule has 0 unspecified atom stereocenters. The molecule has 1 heterocycles. The minimum atomic E-state index is 0.0915. The van der Waals surface area contributed by atoms with E-state index < -0.39 is 0 Å². The van der Waals surface area contributed by atoms with Gasteiger partial charge in [-0.2, -0.15) is 0 Å². The fourth-order valence-corrected chi connectivity index (χ4v) is 1.51. The number of pyridine rings is 1. The van der Waals surface area contributed by atoms with E-state index in [2.05, 4.69) is 10.3 Å². The Morgan fingerprint density at radius 1 is 1.41 bits per heavy atom. The van der Waals surface area contributed by atoms with Gasteiger partial charge in [0.2, 0.25) is 5.91 Å². The van der Waals surface area contributed by atoms with Crippen LogP contribution < -0.4 is 5.32 Å². The van der Waals surface area contributed by atoms with Gasteiger partial charge in [0.1, 0.15) is 5.75 Å². The van der Waals surface area contributed by atoms with E-state index in [9.17, 15) is 4.79 Å². The fourth-order valence-electron chi connectivity index (χ4n) is 1.51. The molecule has 5 heteroatoms. The van der Waals surface area contributed by atoms with Gasteiger partial charge in [-0.05, 0) is 26.0 Å². The fraction of sp³-hybridized carbons (Fsp3) is 0.500. The van der Waals surface area contributed by atoms with E-state index in [1.165, 1.54) is 6.20 Å². The first-order valence-electron chi connectivity index (χ1n) is 5.79. The number of hydrogen-bond donors (Lipinski definition) is 2. The van der Waals surface area contributed by atoms with Crippen LogP contribution in [0.15, 0.2) is 18.3 Å². The van der Waals surface area contributed by atoms with E-state index in [0.717, 1.165) is 18.8 Å². The molecule has 1 aromatic rings. The molecule has 0 aromatic carbocycles. The molecule has 0 bridgehead atoms. The van der Waals surface area contributed by atoms with Crippen molar-refractivity contribution in [3.05, 3.63) is 24.0 Å². The Morgan fingerprint density at radius 2 is 2.12 bits per heavy atom. The highest BCUT2D eigenvalue weighted by Gasteiger charge is 2.08. The standard InChI is InChI=1S/C12H19N3O2/c1-3-15(4-2)12(17)9-13-7-10-5-6-11(16)8-14-10/h5-6,8,13,16H,3-4,7,9H2,1-2H3. The van der Waals surface area contributed by atoms with Crippen molar-refractivity contribution in [3.8, 4) is 5.75 Å². The number of rotatable bonds is 6. The van der Waals surface area contributed by atoms with Crippen molar-refractivity contribution in [3.63, 3.8) is 0 Å². The molecule has 17 heavy (non-hydrogen) atoms. The molecule has 0 aliphatic carbocycles. The molecule has 5 nitrogen and oxygen atoms in total. The monoisotopic (exact) mass is 237 g/mol. The lowest BCUT2D eigenvalue weighted by atomic mass is 10.3. The van der Waals surface area contributed by atoms with Crippen LogP contribution in [0.1, 0.15) is 19.5 Å². The average molecular weight is 237 g/mol. The first-order chi connectivity index (χ1) is 8.17. The van der Waals surface area contributed by atoms with Crippen molar-refractivity contribution in [1.29, 1.82) is 0 Å². The molecule has 1 rings (SSSR count). The largest absolute Gasteiger partial charge is 0.506 e. The van der Waals surface area contributed by atoms with Crippen LogP contribution in [0.25, 0.3) is 0 Å². The van der Waals surface area contributed by atoms with Crippen molar-refractivity contribution in [2.24, 2.45) is 0 Å². The van der Waals surface area contributed by atoms with E-state index in [-0.39, 0.29) is 11.7 Å². The van der Waals surface area contributed by atoms with Crippen LogP contribution in [0.3, 0.4) is 0 Å². The minimum Gasteiger partial charge on any atom is -0.506 e. The number of amides is 1. The highest BCUT2D eigenvalue weighted by molar-refractivity contribution is 5.78. The van der Waals surface area contributed by atoms with Crippen LogP contribution in [0.4, 0.5) is 0 Å². The van der Waals surface area contributed by atoms with Crippen molar-refractivity contribution >= 4 is 5.91 Å². The lowest BCUT2D eigenvalue weighted by Gasteiger charge is -2.18. The predicted octanol–water partition coefficient (Wildman–Crippen LogP) is 0.745. The van der Waals surface area contributed by atoms with Crippen molar-refractivity contribution in [1.82, 2.24) is 15.2 Å². The van der Waals surface area contributed by atoms with E-state index >= 15 is 0 Å². The summed E-state index contributed by atoms with van der Waals surface area (Å²) in [7, 11) is 0. The van der Waals surface area contributed by atoms with Crippen LogP contribution in [-0.2, 0) is 11.3 Å². The molecule has 1 amide bonds. The summed E-state index contributed by atoms with van der Waals surface area (Å²) in [6.45, 7) is 6.21. The number of nitrogens with zero attached hydrogens (tertiary/aromatic N) is 2. The Labute approximate surface area is 101 Å². The number of aromatic hydroxyl groups is 1.